The first-order chi connectivity index (χ1) is 9.50. The van der Waals surface area contributed by atoms with Crippen molar-refractivity contribution in [3.63, 3.8) is 0 Å². The number of hydrogen-bond acceptors (Lipinski definition) is 3. The summed E-state index contributed by atoms with van der Waals surface area (Å²) in [6, 6.07) is 7.56. The molecule has 4 heteroatoms. The molecule has 0 spiro atoms. The molecule has 1 aliphatic rings. The number of nitrogens with zero attached hydrogens (tertiary/aromatic N) is 1. The minimum atomic E-state index is -0.632. The Kier molecular flexibility index (Phi) is 4.45. The molecule has 1 N–H and O–H groups in total. The lowest BCUT2D eigenvalue weighted by Gasteiger charge is -2.35. The summed E-state index contributed by atoms with van der Waals surface area (Å²) >= 11 is 0. The first-order valence-corrected chi connectivity index (χ1v) is 6.84. The third-order valence-corrected chi connectivity index (χ3v) is 3.66. The maximum atomic E-state index is 12.1. The molecule has 1 fully saturated rings. The summed E-state index contributed by atoms with van der Waals surface area (Å²) in [6.45, 7) is 3.03. The second kappa shape index (κ2) is 6.09. The van der Waals surface area contributed by atoms with Crippen molar-refractivity contribution in [3.8, 4) is 5.75 Å². The van der Waals surface area contributed by atoms with Crippen LogP contribution in [0.25, 0.3) is 6.08 Å². The summed E-state index contributed by atoms with van der Waals surface area (Å²) in [7, 11) is 1.62. The molecule has 0 aliphatic carbocycles. The van der Waals surface area contributed by atoms with Gasteiger partial charge in [-0.05, 0) is 43.5 Å². The molecule has 2 rings (SSSR count). The summed E-state index contributed by atoms with van der Waals surface area (Å²) < 4.78 is 5.14. The number of carbonyl (C=O) groups is 1. The molecule has 1 heterocycles. The number of aliphatic hydroxyl groups is 1. The number of hydrogen-bond donors (Lipinski definition) is 1. The first-order valence-electron chi connectivity index (χ1n) is 6.84. The van der Waals surface area contributed by atoms with E-state index in [9.17, 15) is 9.90 Å². The van der Waals surface area contributed by atoms with Gasteiger partial charge in [0.25, 0.3) is 0 Å². The summed E-state index contributed by atoms with van der Waals surface area (Å²) in [4.78, 5) is 13.8. The van der Waals surface area contributed by atoms with Crippen molar-refractivity contribution >= 4 is 12.0 Å². The van der Waals surface area contributed by atoms with Crippen LogP contribution < -0.4 is 4.74 Å². The predicted molar refractivity (Wildman–Crippen MR) is 78.5 cm³/mol. The van der Waals surface area contributed by atoms with Crippen molar-refractivity contribution in [2.24, 2.45) is 0 Å². The molecule has 1 amide bonds. The Labute approximate surface area is 119 Å². The van der Waals surface area contributed by atoms with Gasteiger partial charge in [0.05, 0.1) is 12.7 Å². The van der Waals surface area contributed by atoms with Crippen molar-refractivity contribution in [3.05, 3.63) is 35.9 Å². The highest BCUT2D eigenvalue weighted by Gasteiger charge is 2.28. The van der Waals surface area contributed by atoms with Crippen molar-refractivity contribution in [1.82, 2.24) is 4.90 Å². The van der Waals surface area contributed by atoms with Crippen LogP contribution in [-0.2, 0) is 4.79 Å². The van der Waals surface area contributed by atoms with Crippen molar-refractivity contribution < 1.29 is 14.6 Å². The van der Waals surface area contributed by atoms with E-state index in [4.69, 9.17) is 4.74 Å². The Hall–Kier alpha value is -1.81. The largest absolute Gasteiger partial charge is 0.497 e. The van der Waals surface area contributed by atoms with Crippen LogP contribution in [0.1, 0.15) is 25.3 Å². The van der Waals surface area contributed by atoms with Crippen molar-refractivity contribution in [2.45, 2.75) is 25.4 Å². The fourth-order valence-corrected chi connectivity index (χ4v) is 2.23. The molecular weight excluding hydrogens is 254 g/mol. The monoisotopic (exact) mass is 275 g/mol. The molecule has 0 bridgehead atoms. The van der Waals surface area contributed by atoms with E-state index in [1.165, 1.54) is 0 Å². The van der Waals surface area contributed by atoms with E-state index in [-0.39, 0.29) is 5.91 Å². The molecule has 0 unspecified atom stereocenters. The van der Waals surface area contributed by atoms with E-state index in [0.29, 0.717) is 25.9 Å². The van der Waals surface area contributed by atoms with E-state index in [1.54, 1.807) is 24.2 Å². The van der Waals surface area contributed by atoms with E-state index in [2.05, 4.69) is 0 Å². The van der Waals surface area contributed by atoms with Crippen LogP contribution >= 0.6 is 0 Å². The number of piperidine rings is 1. The van der Waals surface area contributed by atoms with Gasteiger partial charge in [-0.3, -0.25) is 4.79 Å². The third-order valence-electron chi connectivity index (χ3n) is 3.66. The van der Waals surface area contributed by atoms with Gasteiger partial charge in [0.15, 0.2) is 0 Å². The summed E-state index contributed by atoms with van der Waals surface area (Å²) in [6.07, 6.45) is 4.63. The number of likely N-dealkylation sites (tertiary alicyclic amines) is 1. The van der Waals surface area contributed by atoms with E-state index in [1.807, 2.05) is 31.2 Å². The molecular formula is C16H21NO3. The van der Waals surface area contributed by atoms with Gasteiger partial charge >= 0.3 is 0 Å². The quantitative estimate of drug-likeness (QED) is 0.859. The normalized spacial score (nSPS) is 18.2. The summed E-state index contributed by atoms with van der Waals surface area (Å²) in [5.41, 5.74) is 0.300. The van der Waals surface area contributed by atoms with Gasteiger partial charge in [-0.1, -0.05) is 12.1 Å². The zero-order valence-corrected chi connectivity index (χ0v) is 12.0. The number of ether oxygens (including phenoxy) is 1. The SMILES string of the molecule is COc1cccc(/C=C/C(=O)N2CCC(C)(O)CC2)c1. The third kappa shape index (κ3) is 3.84. The standard InChI is InChI=1S/C16H21NO3/c1-16(19)8-10-17(11-9-16)15(18)7-6-13-4-3-5-14(12-13)20-2/h3-7,12,19H,8-11H2,1-2H3/b7-6+. The van der Waals surface area contributed by atoms with Crippen LogP contribution in [-0.4, -0.2) is 41.7 Å². The minimum Gasteiger partial charge on any atom is -0.497 e. The van der Waals surface area contributed by atoms with Crippen LogP contribution in [0.3, 0.4) is 0 Å². The van der Waals surface area contributed by atoms with E-state index >= 15 is 0 Å². The molecule has 4 nitrogen and oxygen atoms in total. The Morgan fingerprint density at radius 1 is 1.40 bits per heavy atom. The van der Waals surface area contributed by atoms with Gasteiger partial charge in [0.2, 0.25) is 5.91 Å². The Bertz CT molecular complexity index is 498. The summed E-state index contributed by atoms with van der Waals surface area (Å²) in [5.74, 6) is 0.761. The molecule has 108 valence electrons. The van der Waals surface area contributed by atoms with Gasteiger partial charge in [0, 0.05) is 19.2 Å². The molecule has 1 aromatic carbocycles. The number of rotatable bonds is 3. The molecule has 1 saturated heterocycles. The number of methoxy groups -OCH3 is 1. The maximum Gasteiger partial charge on any atom is 0.246 e. The minimum absolute atomic E-state index is 0.0108. The number of amides is 1. The van der Waals surface area contributed by atoms with Crippen LogP contribution in [0.15, 0.2) is 30.3 Å². The lowest BCUT2D eigenvalue weighted by molar-refractivity contribution is -0.129. The van der Waals surface area contributed by atoms with Crippen LogP contribution in [0.2, 0.25) is 0 Å². The Morgan fingerprint density at radius 2 is 2.10 bits per heavy atom. The molecule has 1 aliphatic heterocycles. The van der Waals surface area contributed by atoms with Gasteiger partial charge in [-0.15, -0.1) is 0 Å². The Balaban J connectivity index is 1.95. The van der Waals surface area contributed by atoms with Gasteiger partial charge in [-0.2, -0.15) is 0 Å². The number of carbonyl (C=O) groups excluding carboxylic acids is 1. The first kappa shape index (κ1) is 14.6. The van der Waals surface area contributed by atoms with Gasteiger partial charge in [-0.25, -0.2) is 0 Å². The molecule has 1 aromatic rings. The summed E-state index contributed by atoms with van der Waals surface area (Å²) in [5, 5.41) is 9.87. The average Bonchev–Trinajstić information content (AvgIpc) is 2.45. The molecule has 0 radical (unpaired) electrons. The fourth-order valence-electron chi connectivity index (χ4n) is 2.23. The van der Waals surface area contributed by atoms with Crippen molar-refractivity contribution in [2.75, 3.05) is 20.2 Å². The zero-order valence-electron chi connectivity index (χ0n) is 12.0. The van der Waals surface area contributed by atoms with Crippen LogP contribution in [0.4, 0.5) is 0 Å². The molecule has 0 saturated carbocycles. The second-order valence-corrected chi connectivity index (χ2v) is 5.43. The lowest BCUT2D eigenvalue weighted by Crippen LogP contribution is -2.44. The zero-order chi connectivity index (χ0) is 14.6. The molecule has 20 heavy (non-hydrogen) atoms. The Morgan fingerprint density at radius 3 is 2.75 bits per heavy atom. The predicted octanol–water partition coefficient (Wildman–Crippen LogP) is 2.08. The molecule has 0 atom stereocenters. The van der Waals surface area contributed by atoms with Crippen molar-refractivity contribution in [1.29, 1.82) is 0 Å². The average molecular weight is 275 g/mol. The highest BCUT2D eigenvalue weighted by atomic mass is 16.5. The topological polar surface area (TPSA) is 49.8 Å². The highest BCUT2D eigenvalue weighted by molar-refractivity contribution is 5.91. The smallest absolute Gasteiger partial charge is 0.246 e. The second-order valence-electron chi connectivity index (χ2n) is 5.43. The van der Waals surface area contributed by atoms with Crippen LogP contribution in [0, 0.1) is 0 Å². The van der Waals surface area contributed by atoms with E-state index < -0.39 is 5.60 Å². The van der Waals surface area contributed by atoms with Gasteiger partial charge in [0.1, 0.15) is 5.75 Å². The lowest BCUT2D eigenvalue weighted by atomic mass is 9.94. The van der Waals surface area contributed by atoms with Gasteiger partial charge < -0.3 is 14.7 Å². The number of benzene rings is 1. The maximum absolute atomic E-state index is 12.1. The highest BCUT2D eigenvalue weighted by Crippen LogP contribution is 2.21. The van der Waals surface area contributed by atoms with E-state index in [0.717, 1.165) is 11.3 Å². The fraction of sp³-hybridized carbons (Fsp3) is 0.438. The molecule has 0 aromatic heterocycles. The van der Waals surface area contributed by atoms with Crippen LogP contribution in [0.5, 0.6) is 5.75 Å².